The van der Waals surface area contributed by atoms with Gasteiger partial charge in [-0.15, -0.1) is 0 Å². The molecule has 0 aliphatic heterocycles. The number of aryl methyl sites for hydroxylation is 2. The van der Waals surface area contributed by atoms with Crippen LogP contribution in [0.15, 0.2) is 42.1 Å². The van der Waals surface area contributed by atoms with Gasteiger partial charge in [-0.1, -0.05) is 57.5 Å². The molecule has 0 radical (unpaired) electrons. The van der Waals surface area contributed by atoms with Crippen molar-refractivity contribution in [2.75, 3.05) is 0 Å². The third kappa shape index (κ3) is 4.35. The van der Waals surface area contributed by atoms with Crippen LogP contribution < -0.4 is 0 Å². The summed E-state index contributed by atoms with van der Waals surface area (Å²) in [4.78, 5) is 16.1. The van der Waals surface area contributed by atoms with Crippen LogP contribution in [0.1, 0.15) is 120 Å². The number of aromatic nitrogens is 1. The van der Waals surface area contributed by atoms with E-state index in [0.29, 0.717) is 5.92 Å². The highest BCUT2D eigenvalue weighted by atomic mass is 16.4. The Hall–Kier alpha value is -3.21. The molecular formula is C39H51NO4. The van der Waals surface area contributed by atoms with Crippen molar-refractivity contribution in [1.29, 1.82) is 0 Å². The number of benzene rings is 2. The summed E-state index contributed by atoms with van der Waals surface area (Å²) in [5.74, 6) is -0.518. The topological polar surface area (TPSA) is 93.6 Å². The van der Waals surface area contributed by atoms with E-state index in [1.165, 1.54) is 22.1 Å². The van der Waals surface area contributed by atoms with E-state index in [4.69, 9.17) is 0 Å². The van der Waals surface area contributed by atoms with E-state index in [1.807, 2.05) is 13.8 Å². The second-order valence-corrected chi connectivity index (χ2v) is 15.6. The summed E-state index contributed by atoms with van der Waals surface area (Å²) in [6.07, 6.45) is 13.3. The lowest BCUT2D eigenvalue weighted by Gasteiger charge is -2.67. The number of nitrogens with one attached hydrogen (secondary N) is 1. The Bertz CT molecular complexity index is 1670. The highest BCUT2D eigenvalue weighted by molar-refractivity contribution is 5.87. The Morgan fingerprint density at radius 1 is 1.07 bits per heavy atom. The van der Waals surface area contributed by atoms with Gasteiger partial charge in [0, 0.05) is 23.0 Å². The van der Waals surface area contributed by atoms with Gasteiger partial charge in [0.25, 0.3) is 0 Å². The number of aliphatic carboxylic acids is 1. The van der Waals surface area contributed by atoms with Gasteiger partial charge in [-0.05, 0) is 135 Å². The van der Waals surface area contributed by atoms with Crippen LogP contribution in [0.4, 0.5) is 0 Å². The first kappa shape index (κ1) is 30.8. The molecule has 3 aliphatic rings. The summed E-state index contributed by atoms with van der Waals surface area (Å²) >= 11 is 0. The molecule has 5 heteroatoms. The zero-order chi connectivity index (χ0) is 31.8. The van der Waals surface area contributed by atoms with Gasteiger partial charge in [0.2, 0.25) is 0 Å². The van der Waals surface area contributed by atoms with E-state index < -0.39 is 11.4 Å². The van der Waals surface area contributed by atoms with Gasteiger partial charge in [-0.3, -0.25) is 4.79 Å². The fourth-order valence-corrected chi connectivity index (χ4v) is 10.1. The Morgan fingerprint density at radius 2 is 1.80 bits per heavy atom. The quantitative estimate of drug-likeness (QED) is 0.174. The minimum atomic E-state index is -0.673. The zero-order valence-electron chi connectivity index (χ0n) is 27.7. The van der Waals surface area contributed by atoms with E-state index in [1.54, 1.807) is 6.07 Å². The maximum atomic E-state index is 12.5. The molecule has 44 heavy (non-hydrogen) atoms. The lowest BCUT2D eigenvalue weighted by atomic mass is 9.37. The van der Waals surface area contributed by atoms with Gasteiger partial charge in [-0.2, -0.15) is 0 Å². The number of allylic oxidation sites excluding steroid dienone is 2. The largest absolute Gasteiger partial charge is 0.504 e. The van der Waals surface area contributed by atoms with Crippen LogP contribution in [0.5, 0.6) is 11.5 Å². The first-order chi connectivity index (χ1) is 20.7. The normalized spacial score (nSPS) is 33.6. The monoisotopic (exact) mass is 597 g/mol. The summed E-state index contributed by atoms with van der Waals surface area (Å²) < 4.78 is 0. The standard InChI is InChI=1S/C39H51NO4/c1-8-25-19-30(41)34(42)24(3)32(25)28(29-22-40-33-23(2)11-9-13-27(29)33)20-26-12-10-14-39(7)31-21-37(5,35(43)44)16-15-36(31,4)17-18-38(26,39)6/h9,11,13,19-20,22,28,31,40-42H,8,10,12,14-18,21H2,1-7H3,(H,43,44)/b26-20+/t28?,31-,36-,37-,38-,39+/m1/s1. The first-order valence-corrected chi connectivity index (χ1v) is 16.7. The molecule has 4 N–H and O–H groups in total. The van der Waals surface area contributed by atoms with Crippen molar-refractivity contribution in [3.8, 4) is 11.5 Å². The molecule has 3 aromatic rings. The van der Waals surface area contributed by atoms with Crippen molar-refractivity contribution in [2.24, 2.45) is 27.6 Å². The summed E-state index contributed by atoms with van der Waals surface area (Å²) in [5, 5.41) is 33.1. The summed E-state index contributed by atoms with van der Waals surface area (Å²) in [6.45, 7) is 15.6. The van der Waals surface area contributed by atoms with Crippen LogP contribution in [-0.2, 0) is 11.2 Å². The lowest BCUT2D eigenvalue weighted by molar-refractivity contribution is -0.174. The van der Waals surface area contributed by atoms with E-state index in [2.05, 4.69) is 70.1 Å². The Kier molecular flexibility index (Phi) is 7.30. The number of para-hydroxylation sites is 1. The number of rotatable bonds is 5. The Labute approximate surface area is 262 Å². The summed E-state index contributed by atoms with van der Waals surface area (Å²) in [5.41, 5.74) is 7.25. The fraction of sp³-hybridized carbons (Fsp3) is 0.564. The molecular weight excluding hydrogens is 546 g/mol. The van der Waals surface area contributed by atoms with E-state index in [9.17, 15) is 20.1 Å². The number of carbonyl (C=O) groups is 1. The minimum absolute atomic E-state index is 0.0116. The number of fused-ring (bicyclic) bond motifs is 4. The number of aromatic amines is 1. The highest BCUT2D eigenvalue weighted by Gasteiger charge is 2.64. The number of phenolic OH excluding ortho intramolecular Hbond substituents is 2. The second kappa shape index (κ2) is 10.4. The average Bonchev–Trinajstić information content (AvgIpc) is 3.42. The highest BCUT2D eigenvalue weighted by Crippen LogP contribution is 2.72. The van der Waals surface area contributed by atoms with Gasteiger partial charge in [-0.25, -0.2) is 0 Å². The smallest absolute Gasteiger partial charge is 0.309 e. The maximum absolute atomic E-state index is 12.5. The second-order valence-electron chi connectivity index (χ2n) is 15.6. The van der Waals surface area contributed by atoms with Gasteiger partial charge < -0.3 is 20.3 Å². The van der Waals surface area contributed by atoms with Crippen molar-refractivity contribution in [1.82, 2.24) is 4.98 Å². The molecule has 0 spiro atoms. The fourth-order valence-electron chi connectivity index (χ4n) is 10.1. The number of H-pyrrole nitrogens is 1. The van der Waals surface area contributed by atoms with Crippen LogP contribution in [0.3, 0.4) is 0 Å². The number of hydrogen-bond donors (Lipinski definition) is 4. The molecule has 2 aromatic carbocycles. The molecule has 6 rings (SSSR count). The molecule has 1 aromatic heterocycles. The predicted molar refractivity (Wildman–Crippen MR) is 177 cm³/mol. The molecule has 3 aliphatic carbocycles. The van der Waals surface area contributed by atoms with E-state index in [0.717, 1.165) is 80.0 Å². The molecule has 0 saturated heterocycles. The van der Waals surface area contributed by atoms with Crippen LogP contribution in [0, 0.1) is 41.4 Å². The third-order valence-corrected chi connectivity index (χ3v) is 13.3. The third-order valence-electron chi connectivity index (χ3n) is 13.3. The molecule has 236 valence electrons. The Balaban J connectivity index is 1.56. The van der Waals surface area contributed by atoms with Crippen molar-refractivity contribution < 1.29 is 20.1 Å². The van der Waals surface area contributed by atoms with Crippen molar-refractivity contribution >= 4 is 16.9 Å². The van der Waals surface area contributed by atoms with Crippen molar-refractivity contribution in [3.63, 3.8) is 0 Å². The van der Waals surface area contributed by atoms with Gasteiger partial charge in [0.1, 0.15) is 0 Å². The molecule has 0 bridgehead atoms. The zero-order valence-corrected chi connectivity index (χ0v) is 27.7. The molecule has 6 atom stereocenters. The van der Waals surface area contributed by atoms with Crippen molar-refractivity contribution in [3.05, 3.63) is 69.9 Å². The average molecular weight is 598 g/mol. The van der Waals surface area contributed by atoms with Gasteiger partial charge in [0.05, 0.1) is 5.41 Å². The maximum Gasteiger partial charge on any atom is 0.309 e. The van der Waals surface area contributed by atoms with E-state index >= 15 is 0 Å². The van der Waals surface area contributed by atoms with Crippen LogP contribution in [0.2, 0.25) is 0 Å². The molecule has 1 unspecified atom stereocenters. The summed E-state index contributed by atoms with van der Waals surface area (Å²) in [6, 6.07) is 8.18. The van der Waals surface area contributed by atoms with Crippen LogP contribution in [-0.4, -0.2) is 26.3 Å². The lowest BCUT2D eigenvalue weighted by Crippen LogP contribution is -2.59. The predicted octanol–water partition coefficient (Wildman–Crippen LogP) is 9.70. The molecule has 0 amide bonds. The molecule has 3 fully saturated rings. The van der Waals surface area contributed by atoms with Gasteiger partial charge >= 0.3 is 5.97 Å². The number of hydrogen-bond acceptors (Lipinski definition) is 3. The number of carboxylic acid groups (broad SMARTS) is 1. The van der Waals surface area contributed by atoms with Crippen LogP contribution in [0.25, 0.3) is 10.9 Å². The number of aromatic hydroxyl groups is 2. The first-order valence-electron chi connectivity index (χ1n) is 16.7. The number of phenols is 2. The van der Waals surface area contributed by atoms with Crippen molar-refractivity contribution in [2.45, 2.75) is 112 Å². The molecule has 1 heterocycles. The molecule has 3 saturated carbocycles. The number of carboxylic acids is 1. The van der Waals surface area contributed by atoms with Gasteiger partial charge in [0.15, 0.2) is 11.5 Å². The van der Waals surface area contributed by atoms with E-state index in [-0.39, 0.29) is 33.7 Å². The minimum Gasteiger partial charge on any atom is -0.504 e. The Morgan fingerprint density at radius 3 is 2.50 bits per heavy atom. The molecule has 5 nitrogen and oxygen atoms in total. The SMILES string of the molecule is CCc1cc(O)c(O)c(C)c1C(/C=C1\CCC[C@@]2(C)[C@@H]3C[C@](C)(C(=O)O)CC[C@]3(C)CC[C@]12C)c1c[nH]c2c(C)cccc12. The van der Waals surface area contributed by atoms with Crippen LogP contribution >= 0.6 is 0 Å². The summed E-state index contributed by atoms with van der Waals surface area (Å²) in [7, 11) is 0.